The average Bonchev–Trinajstić information content (AvgIpc) is 4.14. The number of aromatic nitrogens is 2. The third-order valence-electron chi connectivity index (χ3n) is 11.1. The van der Waals surface area contributed by atoms with E-state index in [-0.39, 0.29) is 11.9 Å². The molecule has 6 nitrogen and oxygen atoms in total. The lowest BCUT2D eigenvalue weighted by molar-refractivity contribution is 0.0490. The van der Waals surface area contributed by atoms with Crippen molar-refractivity contribution >= 4 is 103 Å². The van der Waals surface area contributed by atoms with E-state index in [1.54, 1.807) is 68.0 Å². The molecule has 0 bridgehead atoms. The van der Waals surface area contributed by atoms with Crippen molar-refractivity contribution < 1.29 is 19.1 Å². The maximum Gasteiger partial charge on any atom is 0.339 e. The third kappa shape index (κ3) is 9.90. The zero-order valence-corrected chi connectivity index (χ0v) is 42.4. The summed E-state index contributed by atoms with van der Waals surface area (Å²) in [6, 6.07) is 21.3. The van der Waals surface area contributed by atoms with Gasteiger partial charge in [-0.3, -0.25) is 0 Å². The quantitative estimate of drug-likeness (QED) is 0.0559. The van der Waals surface area contributed by atoms with Crippen LogP contribution in [-0.4, -0.2) is 33.9 Å². The lowest BCUT2D eigenvalue weighted by Gasteiger charge is -2.17. The summed E-state index contributed by atoms with van der Waals surface area (Å²) in [6.45, 7) is 13.9. The topological polar surface area (TPSA) is 78.4 Å². The summed E-state index contributed by atoms with van der Waals surface area (Å²) in [5.41, 5.74) is 8.03. The molecule has 8 rings (SSSR count). The molecule has 0 aliphatic heterocycles. The van der Waals surface area contributed by atoms with Crippen molar-refractivity contribution in [3.05, 3.63) is 92.7 Å². The molecule has 0 N–H and O–H groups in total. The van der Waals surface area contributed by atoms with E-state index in [0.717, 1.165) is 135 Å². The minimum atomic E-state index is -0.247. The van der Waals surface area contributed by atoms with Gasteiger partial charge in [-0.25, -0.2) is 9.59 Å². The molecule has 7 heterocycles. The molecule has 0 spiro atoms. The van der Waals surface area contributed by atoms with E-state index in [4.69, 9.17) is 18.2 Å². The second-order valence-electron chi connectivity index (χ2n) is 15.6. The van der Waals surface area contributed by atoms with Crippen LogP contribution in [0, 0.1) is 13.8 Å². The Kier molecular flexibility index (Phi) is 15.2. The van der Waals surface area contributed by atoms with Gasteiger partial charge in [0.05, 0.1) is 45.8 Å². The number of aryl methyl sites for hydroxylation is 2. The van der Waals surface area contributed by atoms with Gasteiger partial charge in [0.25, 0.3) is 0 Å². The predicted molar refractivity (Wildman–Crippen MR) is 274 cm³/mol. The second-order valence-corrected chi connectivity index (χ2v) is 23.0. The number of hydrogen-bond acceptors (Lipinski definition) is 13. The van der Waals surface area contributed by atoms with Crippen molar-refractivity contribution in [3.63, 3.8) is 0 Å². The first kappa shape index (κ1) is 45.7. The van der Waals surface area contributed by atoms with Crippen LogP contribution in [0.3, 0.4) is 0 Å². The molecule has 63 heavy (non-hydrogen) atoms. The maximum atomic E-state index is 13.6. The van der Waals surface area contributed by atoms with Crippen LogP contribution in [0.5, 0.6) is 0 Å². The molecule has 328 valence electrons. The first-order valence-corrected chi connectivity index (χ1v) is 27.6. The van der Waals surface area contributed by atoms with Crippen LogP contribution in [0.2, 0.25) is 0 Å². The van der Waals surface area contributed by atoms with Crippen LogP contribution < -0.4 is 0 Å². The van der Waals surface area contributed by atoms with E-state index in [9.17, 15) is 9.59 Å². The molecule has 0 fully saturated rings. The molecule has 0 atom stereocenters. The maximum absolute atomic E-state index is 13.6. The van der Waals surface area contributed by atoms with Gasteiger partial charge in [-0.1, -0.05) is 66.2 Å². The Hall–Kier alpha value is -3.82. The van der Waals surface area contributed by atoms with Crippen molar-refractivity contribution in [2.24, 2.45) is 0 Å². The smallest absolute Gasteiger partial charge is 0.339 e. The molecule has 13 heteroatoms. The minimum absolute atomic E-state index is 0.247. The van der Waals surface area contributed by atoms with Gasteiger partial charge >= 0.3 is 11.9 Å². The summed E-state index contributed by atoms with van der Waals surface area (Å²) in [4.78, 5) is 40.3. The molecule has 7 aromatic heterocycles. The molecule has 0 saturated heterocycles. The zero-order valence-electron chi connectivity index (χ0n) is 36.6. The molecule has 1 aromatic carbocycles. The Morgan fingerprint density at radius 3 is 1.27 bits per heavy atom. The van der Waals surface area contributed by atoms with E-state index < -0.39 is 0 Å². The number of fused-ring (bicyclic) bond motifs is 1. The number of carbonyl (C=O) groups is 2. The fraction of sp³-hybridized carbons (Fsp3) is 0.360. The van der Waals surface area contributed by atoms with Crippen LogP contribution in [0.25, 0.3) is 70.9 Å². The molecule has 8 aromatic rings. The van der Waals surface area contributed by atoms with Gasteiger partial charge < -0.3 is 9.47 Å². The first-order valence-electron chi connectivity index (χ1n) is 22.0. The van der Waals surface area contributed by atoms with Gasteiger partial charge in [-0.05, 0) is 111 Å². The van der Waals surface area contributed by atoms with Gasteiger partial charge in [0.1, 0.15) is 11.0 Å². The van der Waals surface area contributed by atoms with E-state index in [1.165, 1.54) is 32.6 Å². The summed E-state index contributed by atoms with van der Waals surface area (Å²) in [5, 5.41) is 0. The highest BCUT2D eigenvalue weighted by atomic mass is 32.1. The van der Waals surface area contributed by atoms with Gasteiger partial charge in [0.15, 0.2) is 0 Å². The monoisotopic (exact) mass is 968 g/mol. The fourth-order valence-electron chi connectivity index (χ4n) is 7.97. The van der Waals surface area contributed by atoms with E-state index in [1.807, 2.05) is 12.1 Å². The van der Waals surface area contributed by atoms with Gasteiger partial charge in [0.2, 0.25) is 0 Å². The molecular weight excluding hydrogens is 917 g/mol. The number of nitrogens with zero attached hydrogens (tertiary/aromatic N) is 2. The van der Waals surface area contributed by atoms with Gasteiger partial charge in [-0.2, -0.15) is 8.75 Å². The van der Waals surface area contributed by atoms with Crippen LogP contribution in [0.1, 0.15) is 121 Å². The summed E-state index contributed by atoms with van der Waals surface area (Å²) in [5.74, 6) is -0.494. The molecule has 0 unspecified atom stereocenters. The molecule has 0 aliphatic rings. The van der Waals surface area contributed by atoms with Crippen LogP contribution in [0.4, 0.5) is 0 Å². The summed E-state index contributed by atoms with van der Waals surface area (Å²) >= 11 is 11.5. The standard InChI is InChI=1S/C50H52N2O4S7/c1-7-11-13-15-25-55-49(53)33-27-41(61-47(33)39-19-17-29(5)57-39)35-21-23-37(59-35)43-31(9-3)32(10-4)44(46-45(43)51-63-52-46)38-24-22-36(60-38)42-28-34(50(54)56-26-16-14-12-8-2)48(62-42)40-20-18-30(6)58-40/h17-24,27-28H,7-16,25-26H2,1-6H3. The largest absolute Gasteiger partial charge is 0.462 e. The van der Waals surface area contributed by atoms with Crippen LogP contribution in [-0.2, 0) is 22.3 Å². The molecule has 0 amide bonds. The van der Waals surface area contributed by atoms with Gasteiger partial charge in [0, 0.05) is 59.9 Å². The molecular formula is C50H52N2O4S7. The normalized spacial score (nSPS) is 11.6. The Morgan fingerprint density at radius 2 is 0.889 bits per heavy atom. The minimum Gasteiger partial charge on any atom is -0.462 e. The fourth-order valence-corrected chi connectivity index (χ4v) is 15.1. The number of rotatable bonds is 20. The lowest BCUT2D eigenvalue weighted by atomic mass is 9.89. The van der Waals surface area contributed by atoms with Crippen molar-refractivity contribution in [1.29, 1.82) is 0 Å². The second kappa shape index (κ2) is 21.0. The molecule has 0 aliphatic carbocycles. The number of unbranched alkanes of at least 4 members (excludes halogenated alkanes) is 6. The Labute approximate surface area is 399 Å². The summed E-state index contributed by atoms with van der Waals surface area (Å²) in [7, 11) is 0. The number of ether oxygens (including phenoxy) is 2. The van der Waals surface area contributed by atoms with E-state index in [2.05, 4.69) is 90.1 Å². The van der Waals surface area contributed by atoms with Gasteiger partial charge in [-0.15, -0.1) is 68.0 Å². The highest BCUT2D eigenvalue weighted by Crippen LogP contribution is 2.50. The van der Waals surface area contributed by atoms with Crippen molar-refractivity contribution in [2.75, 3.05) is 13.2 Å². The summed E-state index contributed by atoms with van der Waals surface area (Å²) in [6.07, 6.45) is 10.2. The molecule has 0 radical (unpaired) electrons. The Balaban J connectivity index is 1.13. The number of thiophene rings is 6. The Morgan fingerprint density at radius 1 is 0.476 bits per heavy atom. The lowest BCUT2D eigenvalue weighted by Crippen LogP contribution is -2.06. The SMILES string of the molecule is CCCCCCOC(=O)c1cc(-c2ccc(-c3c(CC)c(CC)c(-c4ccc(-c5cc(C(=O)OCCCCCC)c(-c6ccc(C)s6)s5)s4)c4nsnc34)s2)sc1-c1ccc(C)s1. The zero-order chi connectivity index (χ0) is 44.0. The number of esters is 2. The third-order valence-corrected chi connectivity index (χ3v) is 18.9. The van der Waals surface area contributed by atoms with Crippen molar-refractivity contribution in [2.45, 2.75) is 106 Å². The number of carbonyl (C=O) groups excluding carboxylic acids is 2. The predicted octanol–water partition coefficient (Wildman–Crippen LogP) is 17.3. The number of benzene rings is 1. The van der Waals surface area contributed by atoms with Crippen molar-refractivity contribution in [3.8, 4) is 59.9 Å². The molecule has 0 saturated carbocycles. The summed E-state index contributed by atoms with van der Waals surface area (Å²) < 4.78 is 21.7. The average molecular weight is 969 g/mol. The number of hydrogen-bond donors (Lipinski definition) is 0. The highest BCUT2D eigenvalue weighted by molar-refractivity contribution is 7.28. The van der Waals surface area contributed by atoms with Crippen LogP contribution >= 0.6 is 79.7 Å². The van der Waals surface area contributed by atoms with Crippen molar-refractivity contribution in [1.82, 2.24) is 8.75 Å². The Bertz CT molecular complexity index is 2650. The first-order chi connectivity index (χ1) is 30.7. The highest BCUT2D eigenvalue weighted by Gasteiger charge is 2.27. The van der Waals surface area contributed by atoms with Crippen LogP contribution in [0.15, 0.2) is 60.7 Å². The van der Waals surface area contributed by atoms with E-state index >= 15 is 0 Å². The van der Waals surface area contributed by atoms with E-state index in [0.29, 0.717) is 24.3 Å².